The average Bonchev–Trinajstić information content (AvgIpc) is 2.79. The van der Waals surface area contributed by atoms with Gasteiger partial charge in [0.1, 0.15) is 0 Å². The number of aromatic nitrogens is 1. The molecular formula is C18H24N2O2. The van der Waals surface area contributed by atoms with Gasteiger partial charge in [0.05, 0.1) is 6.10 Å². The van der Waals surface area contributed by atoms with E-state index in [1.807, 2.05) is 25.1 Å². The fourth-order valence-electron chi connectivity index (χ4n) is 3.39. The smallest absolute Gasteiger partial charge is 0.251 e. The van der Waals surface area contributed by atoms with Crippen LogP contribution < -0.4 is 5.32 Å². The summed E-state index contributed by atoms with van der Waals surface area (Å²) >= 11 is 0. The molecule has 0 bridgehead atoms. The van der Waals surface area contributed by atoms with Crippen LogP contribution in [0.1, 0.15) is 47.3 Å². The number of rotatable bonds is 3. The first-order valence-corrected chi connectivity index (χ1v) is 8.10. The highest BCUT2D eigenvalue weighted by Crippen LogP contribution is 2.24. The Hall–Kier alpha value is -1.81. The number of aliphatic hydroxyl groups is 1. The van der Waals surface area contributed by atoms with E-state index >= 15 is 0 Å². The van der Waals surface area contributed by atoms with Crippen molar-refractivity contribution < 1.29 is 9.90 Å². The number of H-pyrrole nitrogens is 1. The number of fused-ring (bicyclic) bond motifs is 1. The van der Waals surface area contributed by atoms with Crippen LogP contribution in [0.15, 0.2) is 18.2 Å². The molecule has 1 saturated carbocycles. The summed E-state index contributed by atoms with van der Waals surface area (Å²) in [6.07, 6.45) is 3.64. The van der Waals surface area contributed by atoms with Gasteiger partial charge in [-0.2, -0.15) is 0 Å². The lowest BCUT2D eigenvalue weighted by atomic mass is 9.87. The Bertz CT molecular complexity index is 690. The maximum atomic E-state index is 12.3. The molecule has 0 radical (unpaired) electrons. The first-order valence-electron chi connectivity index (χ1n) is 8.10. The number of amides is 1. The molecule has 0 saturated heterocycles. The first-order chi connectivity index (χ1) is 10.5. The zero-order valence-corrected chi connectivity index (χ0v) is 13.3. The van der Waals surface area contributed by atoms with Crippen molar-refractivity contribution in [3.63, 3.8) is 0 Å². The minimum Gasteiger partial charge on any atom is -0.393 e. The van der Waals surface area contributed by atoms with Gasteiger partial charge in [-0.05, 0) is 62.8 Å². The number of aliphatic hydroxyl groups excluding tert-OH is 1. The van der Waals surface area contributed by atoms with E-state index in [0.717, 1.165) is 42.3 Å². The fraction of sp³-hybridized carbons (Fsp3) is 0.500. The topological polar surface area (TPSA) is 65.1 Å². The van der Waals surface area contributed by atoms with E-state index in [1.165, 1.54) is 5.56 Å². The molecule has 3 rings (SSSR count). The summed E-state index contributed by atoms with van der Waals surface area (Å²) < 4.78 is 0. The minimum absolute atomic E-state index is 0.0276. The van der Waals surface area contributed by atoms with E-state index < -0.39 is 0 Å². The molecule has 1 fully saturated rings. The Kier molecular flexibility index (Phi) is 4.21. The molecule has 1 aromatic heterocycles. The van der Waals surface area contributed by atoms with Gasteiger partial charge in [0, 0.05) is 28.7 Å². The van der Waals surface area contributed by atoms with Crippen LogP contribution in [0.25, 0.3) is 10.9 Å². The Morgan fingerprint density at radius 2 is 2.18 bits per heavy atom. The Balaban J connectivity index is 1.68. The zero-order chi connectivity index (χ0) is 15.7. The molecule has 1 aliphatic carbocycles. The lowest BCUT2D eigenvalue weighted by Crippen LogP contribution is -2.32. The summed E-state index contributed by atoms with van der Waals surface area (Å²) in [5, 5.41) is 13.8. The van der Waals surface area contributed by atoms with E-state index in [-0.39, 0.29) is 12.0 Å². The molecule has 22 heavy (non-hydrogen) atoms. The largest absolute Gasteiger partial charge is 0.393 e. The highest BCUT2D eigenvalue weighted by molar-refractivity contribution is 5.99. The summed E-state index contributed by atoms with van der Waals surface area (Å²) in [6.45, 7) is 4.77. The Morgan fingerprint density at radius 1 is 1.36 bits per heavy atom. The Labute approximate surface area is 130 Å². The van der Waals surface area contributed by atoms with E-state index in [2.05, 4.69) is 17.2 Å². The van der Waals surface area contributed by atoms with Gasteiger partial charge in [-0.1, -0.05) is 6.42 Å². The fourth-order valence-corrected chi connectivity index (χ4v) is 3.39. The van der Waals surface area contributed by atoms with Crippen molar-refractivity contribution in [2.75, 3.05) is 6.54 Å². The van der Waals surface area contributed by atoms with E-state index in [4.69, 9.17) is 0 Å². The van der Waals surface area contributed by atoms with Gasteiger partial charge in [-0.25, -0.2) is 0 Å². The molecule has 0 spiro atoms. The number of nitrogens with one attached hydrogen (secondary N) is 2. The summed E-state index contributed by atoms with van der Waals surface area (Å²) in [4.78, 5) is 15.7. The lowest BCUT2D eigenvalue weighted by molar-refractivity contribution is 0.0874. The van der Waals surface area contributed by atoms with Gasteiger partial charge in [0.2, 0.25) is 0 Å². The number of hydrogen-bond donors (Lipinski definition) is 3. The van der Waals surface area contributed by atoms with E-state index in [1.54, 1.807) is 0 Å². The van der Waals surface area contributed by atoms with Crippen LogP contribution in [0.2, 0.25) is 0 Å². The lowest BCUT2D eigenvalue weighted by Gasteiger charge is -2.25. The van der Waals surface area contributed by atoms with Crippen LogP contribution in [-0.2, 0) is 0 Å². The van der Waals surface area contributed by atoms with Crippen molar-refractivity contribution in [1.82, 2.24) is 10.3 Å². The number of hydrogen-bond acceptors (Lipinski definition) is 2. The molecule has 1 amide bonds. The first kappa shape index (κ1) is 15.1. The van der Waals surface area contributed by atoms with Gasteiger partial charge >= 0.3 is 0 Å². The molecule has 0 aliphatic heterocycles. The van der Waals surface area contributed by atoms with Crippen molar-refractivity contribution in [2.45, 2.75) is 45.6 Å². The third-order valence-electron chi connectivity index (χ3n) is 4.88. The molecule has 1 aliphatic rings. The normalized spacial score (nSPS) is 22.0. The number of aromatic amines is 1. The van der Waals surface area contributed by atoms with E-state index in [0.29, 0.717) is 18.0 Å². The second-order valence-electron chi connectivity index (χ2n) is 6.53. The van der Waals surface area contributed by atoms with Gasteiger partial charge in [0.15, 0.2) is 0 Å². The highest BCUT2D eigenvalue weighted by atomic mass is 16.3. The number of aryl methyl sites for hydroxylation is 2. The molecule has 4 heteroatoms. The van der Waals surface area contributed by atoms with Crippen molar-refractivity contribution >= 4 is 16.8 Å². The molecule has 118 valence electrons. The van der Waals surface area contributed by atoms with Gasteiger partial charge in [-0.3, -0.25) is 4.79 Å². The van der Waals surface area contributed by atoms with Crippen LogP contribution in [0.4, 0.5) is 0 Å². The maximum Gasteiger partial charge on any atom is 0.251 e. The molecule has 2 atom stereocenters. The van der Waals surface area contributed by atoms with Crippen molar-refractivity contribution in [2.24, 2.45) is 5.92 Å². The summed E-state index contributed by atoms with van der Waals surface area (Å²) in [6, 6.07) is 5.79. The predicted molar refractivity (Wildman–Crippen MR) is 88.1 cm³/mol. The van der Waals surface area contributed by atoms with E-state index in [9.17, 15) is 9.90 Å². The van der Waals surface area contributed by atoms with Crippen LogP contribution in [0, 0.1) is 19.8 Å². The third-order valence-corrected chi connectivity index (χ3v) is 4.88. The Morgan fingerprint density at radius 3 is 2.95 bits per heavy atom. The molecular weight excluding hydrogens is 276 g/mol. The van der Waals surface area contributed by atoms with Crippen LogP contribution in [-0.4, -0.2) is 28.6 Å². The third kappa shape index (κ3) is 3.02. The number of benzene rings is 1. The second kappa shape index (κ2) is 6.13. The molecule has 1 heterocycles. The van der Waals surface area contributed by atoms with Crippen LogP contribution >= 0.6 is 0 Å². The molecule has 2 unspecified atom stereocenters. The van der Waals surface area contributed by atoms with Crippen LogP contribution in [0.3, 0.4) is 0 Å². The highest BCUT2D eigenvalue weighted by Gasteiger charge is 2.20. The van der Waals surface area contributed by atoms with Crippen molar-refractivity contribution in [3.05, 3.63) is 35.0 Å². The monoisotopic (exact) mass is 300 g/mol. The molecule has 4 nitrogen and oxygen atoms in total. The SMILES string of the molecule is Cc1[nH]c2ccc(C(=O)NCC3CCCC(O)C3)cc2c1C. The molecule has 2 aromatic rings. The van der Waals surface area contributed by atoms with Crippen LogP contribution in [0.5, 0.6) is 0 Å². The average molecular weight is 300 g/mol. The van der Waals surface area contributed by atoms with Crippen molar-refractivity contribution in [3.8, 4) is 0 Å². The maximum absolute atomic E-state index is 12.3. The number of carbonyl (C=O) groups excluding carboxylic acids is 1. The second-order valence-corrected chi connectivity index (χ2v) is 6.53. The zero-order valence-electron chi connectivity index (χ0n) is 13.3. The standard InChI is InChI=1S/C18H24N2O2/c1-11-12(2)20-17-7-6-14(9-16(11)17)18(22)19-10-13-4-3-5-15(21)8-13/h6-7,9,13,15,20-21H,3-5,8,10H2,1-2H3,(H,19,22). The summed E-state index contributed by atoms with van der Waals surface area (Å²) in [7, 11) is 0. The molecule has 1 aromatic carbocycles. The number of carbonyl (C=O) groups is 1. The van der Waals surface area contributed by atoms with Gasteiger partial charge in [0.25, 0.3) is 5.91 Å². The van der Waals surface area contributed by atoms with Gasteiger partial charge < -0.3 is 15.4 Å². The quantitative estimate of drug-likeness (QED) is 0.815. The minimum atomic E-state index is -0.197. The molecule has 3 N–H and O–H groups in total. The summed E-state index contributed by atoms with van der Waals surface area (Å²) in [5.41, 5.74) is 4.11. The van der Waals surface area contributed by atoms with Crippen molar-refractivity contribution in [1.29, 1.82) is 0 Å². The van der Waals surface area contributed by atoms with Gasteiger partial charge in [-0.15, -0.1) is 0 Å². The predicted octanol–water partition coefficient (Wildman–Crippen LogP) is 3.07. The summed E-state index contributed by atoms with van der Waals surface area (Å²) in [5.74, 6) is 0.368.